The lowest BCUT2D eigenvalue weighted by Crippen LogP contribution is -2.46. The van der Waals surface area contributed by atoms with Gasteiger partial charge in [-0.2, -0.15) is 0 Å². The second-order valence-corrected chi connectivity index (χ2v) is 15.9. The number of aromatic nitrogens is 4. The molecule has 0 aromatic carbocycles. The van der Waals surface area contributed by atoms with Crippen LogP contribution in [0.25, 0.3) is 11.2 Å². The van der Waals surface area contributed by atoms with Gasteiger partial charge in [-0.1, -0.05) is 39.5 Å². The van der Waals surface area contributed by atoms with Gasteiger partial charge in [-0.25, -0.2) is 33.5 Å². The number of phosphoric acid groups is 3. The van der Waals surface area contributed by atoms with E-state index in [1.807, 2.05) is 0 Å². The van der Waals surface area contributed by atoms with Crippen LogP contribution in [0.1, 0.15) is 26.5 Å². The zero-order valence-corrected chi connectivity index (χ0v) is 32.5. The lowest BCUT2D eigenvalue weighted by Gasteiger charge is -2.29. The van der Waals surface area contributed by atoms with Crippen molar-refractivity contribution in [1.82, 2.24) is 30.2 Å². The van der Waals surface area contributed by atoms with E-state index >= 15 is 0 Å². The fraction of sp³-hybridized carbons (Fsp3) is 0.583. The molecule has 10 N–H and O–H groups in total. The average molecular weight is 886 g/mol. The Balaban J connectivity index is 1.40. The lowest BCUT2D eigenvalue weighted by atomic mass is 9.87. The Bertz CT molecular complexity index is 1830. The van der Waals surface area contributed by atoms with E-state index in [4.69, 9.17) is 27.4 Å². The SMILES string of the molecule is C=CC(=S)OCCNC(=O)CCNC(=O)[C@@H](O)C(C)(C)COP(=O)(O)OOOP(=O)(O)OOOC[C@H]1O[C@@H](n2cnc3c(N)ncnc32)[C@H](O)[C@@H]1OP(=O)(O)O. The molecule has 0 radical (unpaired) electrons. The van der Waals surface area contributed by atoms with Gasteiger partial charge >= 0.3 is 23.5 Å². The molecule has 1 saturated heterocycles. The van der Waals surface area contributed by atoms with Gasteiger partial charge < -0.3 is 50.7 Å². The summed E-state index contributed by atoms with van der Waals surface area (Å²) in [6.07, 6.45) is -5.13. The minimum absolute atomic E-state index is 0.0266. The Kier molecular flexibility index (Phi) is 17.4. The Morgan fingerprint density at radius 1 is 1.09 bits per heavy atom. The highest BCUT2D eigenvalue weighted by Gasteiger charge is 2.49. The standard InChI is InChI=1S/C24H38N7O21P3S/c1-4-15(56)43-8-7-26-14(32)5-6-27-22(35)19(34)24(2,3)10-45-54(39,40)51-49-52-55(41,42)50-48-44-9-13-18(47-53(36,37)38)17(33)23(46-13)31-12-30-16-20(25)28-11-29-21(16)31/h4,11-13,17-19,23,33-34H,1,5-10H2,2-3H3,(H,26,32)(H,27,35)(H,39,40)(H,41,42)(H2,25,28,29)(H2,36,37,38)/t13-,17-,18-,19-,23-/m1/s1. The highest BCUT2D eigenvalue weighted by atomic mass is 32.1. The average Bonchev–Trinajstić information content (AvgIpc) is 3.67. The number of rotatable bonds is 24. The van der Waals surface area contributed by atoms with Gasteiger partial charge in [0.2, 0.25) is 11.8 Å². The number of aliphatic hydroxyl groups excluding tert-OH is 2. The Hall–Kier alpha value is -2.99. The van der Waals surface area contributed by atoms with E-state index in [0.717, 1.165) is 17.2 Å². The zero-order chi connectivity index (χ0) is 41.9. The quantitative estimate of drug-likeness (QED) is 0.0147. The molecule has 1 fully saturated rings. The number of anilines is 1. The van der Waals surface area contributed by atoms with Crippen LogP contribution in [0.5, 0.6) is 0 Å². The number of hydrogen-bond donors (Lipinski definition) is 9. The Morgan fingerprint density at radius 3 is 2.45 bits per heavy atom. The molecule has 1 aliphatic rings. The number of fused-ring (bicyclic) bond motifs is 1. The molecule has 7 atom stereocenters. The Morgan fingerprint density at radius 2 is 1.77 bits per heavy atom. The molecule has 3 rings (SSSR count). The van der Waals surface area contributed by atoms with Crippen LogP contribution in [0.4, 0.5) is 5.82 Å². The number of ether oxygens (including phenoxy) is 2. The van der Waals surface area contributed by atoms with Gasteiger partial charge in [0.25, 0.3) is 0 Å². The van der Waals surface area contributed by atoms with Crippen LogP contribution in [0.3, 0.4) is 0 Å². The Labute approximate surface area is 320 Å². The number of nitrogens with one attached hydrogen (secondary N) is 2. The number of aliphatic hydroxyl groups is 2. The maximum atomic E-state index is 12.4. The molecule has 32 heteroatoms. The molecule has 56 heavy (non-hydrogen) atoms. The number of amides is 2. The molecule has 1 aliphatic heterocycles. The molecular formula is C24H38N7O21P3S. The van der Waals surface area contributed by atoms with Crippen molar-refractivity contribution >= 4 is 69.5 Å². The van der Waals surface area contributed by atoms with Crippen LogP contribution in [0.2, 0.25) is 0 Å². The molecule has 2 aromatic heterocycles. The van der Waals surface area contributed by atoms with Gasteiger partial charge in [-0.05, 0) is 23.3 Å². The number of nitrogens with zero attached hydrogens (tertiary/aromatic N) is 4. The van der Waals surface area contributed by atoms with Crippen molar-refractivity contribution in [2.24, 2.45) is 5.41 Å². The van der Waals surface area contributed by atoms with Crippen molar-refractivity contribution in [3.8, 4) is 0 Å². The number of phosphoric ester groups is 2. The molecule has 28 nitrogen and oxygen atoms in total. The normalized spacial score (nSPS) is 21.5. The largest absolute Gasteiger partial charge is 0.531 e. The number of imidazole rings is 1. The minimum Gasteiger partial charge on any atom is -0.481 e. The highest BCUT2D eigenvalue weighted by Crippen LogP contribution is 2.50. The summed E-state index contributed by atoms with van der Waals surface area (Å²) < 4.78 is 68.6. The predicted octanol–water partition coefficient (Wildman–Crippen LogP) is -1.34. The zero-order valence-electron chi connectivity index (χ0n) is 29.0. The lowest BCUT2D eigenvalue weighted by molar-refractivity contribution is -0.494. The summed E-state index contributed by atoms with van der Waals surface area (Å²) in [7, 11) is -16.0. The van der Waals surface area contributed by atoms with Crippen LogP contribution in [0, 0.1) is 5.41 Å². The third kappa shape index (κ3) is 14.7. The van der Waals surface area contributed by atoms with E-state index in [9.17, 15) is 53.1 Å². The maximum Gasteiger partial charge on any atom is 0.531 e. The van der Waals surface area contributed by atoms with Gasteiger partial charge in [-0.15, -0.1) is 0 Å². The number of carbonyl (C=O) groups excluding carboxylic acids is 2. The first-order valence-corrected chi connectivity index (χ1v) is 20.3. The van der Waals surface area contributed by atoms with Gasteiger partial charge in [-0.3, -0.25) is 28.1 Å². The molecule has 2 aromatic rings. The molecule has 316 valence electrons. The maximum absolute atomic E-state index is 12.4. The molecule has 0 bridgehead atoms. The minimum atomic E-state index is -5.50. The van der Waals surface area contributed by atoms with E-state index < -0.39 is 84.6 Å². The van der Waals surface area contributed by atoms with Gasteiger partial charge in [0.15, 0.2) is 22.7 Å². The summed E-state index contributed by atoms with van der Waals surface area (Å²) in [4.78, 5) is 78.7. The number of thiocarbonyl (C=S) groups is 1. The van der Waals surface area contributed by atoms with Crippen molar-refractivity contribution < 1.29 is 101 Å². The van der Waals surface area contributed by atoms with E-state index in [-0.39, 0.29) is 48.1 Å². The summed E-state index contributed by atoms with van der Waals surface area (Å²) in [6, 6.07) is 0. The van der Waals surface area contributed by atoms with E-state index in [2.05, 4.69) is 70.2 Å². The van der Waals surface area contributed by atoms with Crippen molar-refractivity contribution in [2.75, 3.05) is 38.6 Å². The molecule has 0 aliphatic carbocycles. The van der Waals surface area contributed by atoms with Crippen LogP contribution in [-0.4, -0.2) is 123 Å². The molecule has 0 saturated carbocycles. The van der Waals surface area contributed by atoms with Crippen molar-refractivity contribution in [3.63, 3.8) is 0 Å². The van der Waals surface area contributed by atoms with Crippen molar-refractivity contribution in [2.45, 2.75) is 50.9 Å². The summed E-state index contributed by atoms with van der Waals surface area (Å²) in [5.41, 5.74) is 4.34. The third-order valence-corrected chi connectivity index (χ3v) is 8.96. The number of nitrogens with two attached hydrogens (primary N) is 1. The van der Waals surface area contributed by atoms with Crippen LogP contribution in [-0.2, 0) is 70.8 Å². The van der Waals surface area contributed by atoms with E-state index in [1.54, 1.807) is 0 Å². The summed E-state index contributed by atoms with van der Waals surface area (Å²) >= 11 is 4.78. The third-order valence-electron chi connectivity index (χ3n) is 6.96. The first-order chi connectivity index (χ1) is 26.1. The first-order valence-electron chi connectivity index (χ1n) is 15.4. The van der Waals surface area contributed by atoms with Crippen molar-refractivity contribution in [1.29, 1.82) is 0 Å². The molecule has 0 spiro atoms. The molecule has 3 heterocycles. The second kappa shape index (κ2) is 20.6. The van der Waals surface area contributed by atoms with Crippen LogP contribution in [0.15, 0.2) is 25.3 Å². The predicted molar refractivity (Wildman–Crippen MR) is 183 cm³/mol. The van der Waals surface area contributed by atoms with Crippen molar-refractivity contribution in [3.05, 3.63) is 25.3 Å². The topological polar surface area (TPSA) is 393 Å². The van der Waals surface area contributed by atoms with Gasteiger partial charge in [0, 0.05) is 18.4 Å². The summed E-state index contributed by atoms with van der Waals surface area (Å²) in [5.74, 6) is -1.44. The molecule has 2 unspecified atom stereocenters. The second-order valence-electron chi connectivity index (χ2n) is 11.7. The molecular weight excluding hydrogens is 847 g/mol. The fourth-order valence-electron chi connectivity index (χ4n) is 4.27. The van der Waals surface area contributed by atoms with E-state index in [1.165, 1.54) is 19.9 Å². The van der Waals surface area contributed by atoms with Gasteiger partial charge in [0.1, 0.15) is 49.5 Å². The van der Waals surface area contributed by atoms with E-state index in [0.29, 0.717) is 0 Å². The van der Waals surface area contributed by atoms with Gasteiger partial charge in [0.05, 0.1) is 19.5 Å². The monoisotopic (exact) mass is 885 g/mol. The number of carbonyl (C=O) groups is 2. The van der Waals surface area contributed by atoms with Crippen LogP contribution >= 0.6 is 35.7 Å². The number of nitrogen functional groups attached to an aromatic ring is 1. The molecule has 2 amide bonds. The fourth-order valence-corrected chi connectivity index (χ4v) is 5.88. The van der Waals surface area contributed by atoms with Crippen LogP contribution < -0.4 is 16.4 Å². The number of hydrogen-bond acceptors (Lipinski definition) is 22. The first kappa shape index (κ1) is 47.4. The summed E-state index contributed by atoms with van der Waals surface area (Å²) in [6.45, 7) is 4.22. The highest BCUT2D eigenvalue weighted by molar-refractivity contribution is 7.80. The summed E-state index contributed by atoms with van der Waals surface area (Å²) in [5, 5.41) is 34.0. The smallest absolute Gasteiger partial charge is 0.481 e.